The van der Waals surface area contributed by atoms with Crippen LogP contribution in [0.5, 0.6) is 0 Å². The second-order valence-corrected chi connectivity index (χ2v) is 7.20. The maximum absolute atomic E-state index is 11.9. The molecule has 1 aliphatic rings. The summed E-state index contributed by atoms with van der Waals surface area (Å²) in [6.07, 6.45) is 1.89. The summed E-state index contributed by atoms with van der Waals surface area (Å²) >= 11 is 5.86. The number of nitrogens with one attached hydrogen (secondary N) is 1. The summed E-state index contributed by atoms with van der Waals surface area (Å²) in [5.74, 6) is 0.115. The topological polar surface area (TPSA) is 102 Å². The van der Waals surface area contributed by atoms with E-state index in [1.807, 2.05) is 0 Å². The molecule has 1 fully saturated rings. The van der Waals surface area contributed by atoms with E-state index in [1.165, 1.54) is 12.3 Å². The molecule has 19 heavy (non-hydrogen) atoms. The number of pyridine rings is 1. The van der Waals surface area contributed by atoms with Gasteiger partial charge in [-0.2, -0.15) is 0 Å². The van der Waals surface area contributed by atoms with Crippen molar-refractivity contribution in [1.82, 2.24) is 10.3 Å². The molecule has 1 amide bonds. The fourth-order valence-electron chi connectivity index (χ4n) is 1.99. The van der Waals surface area contributed by atoms with Gasteiger partial charge in [0.15, 0.2) is 9.84 Å². The Labute approximate surface area is 116 Å². The van der Waals surface area contributed by atoms with Crippen molar-refractivity contribution in [3.8, 4) is 0 Å². The molecule has 1 atom stereocenters. The van der Waals surface area contributed by atoms with Crippen LogP contribution in [-0.2, 0) is 9.84 Å². The highest BCUT2D eigenvalue weighted by atomic mass is 35.5. The van der Waals surface area contributed by atoms with E-state index in [9.17, 15) is 13.2 Å². The van der Waals surface area contributed by atoms with Crippen molar-refractivity contribution in [2.75, 3.05) is 23.8 Å². The average molecular weight is 304 g/mol. The number of hydrogen-bond donors (Lipinski definition) is 2. The van der Waals surface area contributed by atoms with Gasteiger partial charge in [0, 0.05) is 12.7 Å². The molecule has 0 saturated carbocycles. The number of anilines is 1. The van der Waals surface area contributed by atoms with Gasteiger partial charge in [-0.3, -0.25) is 4.79 Å². The number of rotatable bonds is 3. The Morgan fingerprint density at radius 3 is 2.95 bits per heavy atom. The number of amides is 1. The van der Waals surface area contributed by atoms with Crippen molar-refractivity contribution < 1.29 is 13.2 Å². The lowest BCUT2D eigenvalue weighted by Gasteiger charge is -2.10. The van der Waals surface area contributed by atoms with Crippen LogP contribution in [0.2, 0.25) is 5.02 Å². The first-order valence-corrected chi connectivity index (χ1v) is 7.97. The van der Waals surface area contributed by atoms with Crippen LogP contribution in [0.4, 0.5) is 5.82 Å². The molecule has 104 valence electrons. The van der Waals surface area contributed by atoms with Gasteiger partial charge in [0.2, 0.25) is 0 Å². The Bertz CT molecular complexity index is 603. The minimum Gasteiger partial charge on any atom is -0.384 e. The zero-order valence-electron chi connectivity index (χ0n) is 10.1. The van der Waals surface area contributed by atoms with Crippen LogP contribution in [-0.4, -0.2) is 37.4 Å². The van der Waals surface area contributed by atoms with Crippen molar-refractivity contribution in [1.29, 1.82) is 0 Å². The zero-order valence-corrected chi connectivity index (χ0v) is 11.7. The third kappa shape index (κ3) is 3.57. The van der Waals surface area contributed by atoms with Gasteiger partial charge >= 0.3 is 0 Å². The summed E-state index contributed by atoms with van der Waals surface area (Å²) in [6.45, 7) is 0.316. The summed E-state index contributed by atoms with van der Waals surface area (Å²) in [6, 6.07) is 1.39. The second-order valence-electron chi connectivity index (χ2n) is 4.57. The summed E-state index contributed by atoms with van der Waals surface area (Å²) < 4.78 is 22.6. The SMILES string of the molecule is Nc1cc(C(=O)NCC2CCS(=O)(=O)C2)c(Cl)cn1. The quantitative estimate of drug-likeness (QED) is 0.845. The molecule has 2 rings (SSSR count). The van der Waals surface area contributed by atoms with Crippen molar-refractivity contribution in [2.45, 2.75) is 6.42 Å². The lowest BCUT2D eigenvalue weighted by molar-refractivity contribution is 0.0948. The second kappa shape index (κ2) is 5.34. The van der Waals surface area contributed by atoms with Gasteiger partial charge in [-0.05, 0) is 18.4 Å². The van der Waals surface area contributed by atoms with Crippen LogP contribution < -0.4 is 11.1 Å². The maximum Gasteiger partial charge on any atom is 0.253 e. The molecule has 8 heteroatoms. The van der Waals surface area contributed by atoms with E-state index in [-0.39, 0.29) is 39.7 Å². The van der Waals surface area contributed by atoms with E-state index < -0.39 is 9.84 Å². The van der Waals surface area contributed by atoms with Crippen molar-refractivity contribution in [2.24, 2.45) is 5.92 Å². The largest absolute Gasteiger partial charge is 0.384 e. The van der Waals surface area contributed by atoms with Gasteiger partial charge in [0.05, 0.1) is 22.1 Å². The predicted octanol–water partition coefficient (Wildman–Crippen LogP) is 0.482. The summed E-state index contributed by atoms with van der Waals surface area (Å²) in [5.41, 5.74) is 5.74. The number of hydrogen-bond acceptors (Lipinski definition) is 5. The molecule has 3 N–H and O–H groups in total. The van der Waals surface area contributed by atoms with E-state index in [0.717, 1.165) is 0 Å². The molecule has 0 aromatic carbocycles. The van der Waals surface area contributed by atoms with Crippen molar-refractivity contribution >= 4 is 33.2 Å². The van der Waals surface area contributed by atoms with Crippen LogP contribution in [0, 0.1) is 5.92 Å². The van der Waals surface area contributed by atoms with E-state index in [4.69, 9.17) is 17.3 Å². The lowest BCUT2D eigenvalue weighted by atomic mass is 10.1. The van der Waals surface area contributed by atoms with Gasteiger partial charge in [0.1, 0.15) is 5.82 Å². The number of sulfone groups is 1. The van der Waals surface area contributed by atoms with Gasteiger partial charge in [0.25, 0.3) is 5.91 Å². The Balaban J connectivity index is 1.97. The average Bonchev–Trinajstić information content (AvgIpc) is 2.69. The van der Waals surface area contributed by atoms with Crippen molar-refractivity contribution in [3.05, 3.63) is 22.8 Å². The number of nitrogens with two attached hydrogens (primary N) is 1. The van der Waals surface area contributed by atoms with Crippen molar-refractivity contribution in [3.63, 3.8) is 0 Å². The highest BCUT2D eigenvalue weighted by Crippen LogP contribution is 2.19. The van der Waals surface area contributed by atoms with Crippen LogP contribution in [0.25, 0.3) is 0 Å². The fraction of sp³-hybridized carbons (Fsp3) is 0.455. The van der Waals surface area contributed by atoms with E-state index in [1.54, 1.807) is 0 Å². The van der Waals surface area contributed by atoms with Gasteiger partial charge in [-0.1, -0.05) is 11.6 Å². The number of carbonyl (C=O) groups is 1. The highest BCUT2D eigenvalue weighted by Gasteiger charge is 2.28. The first-order valence-electron chi connectivity index (χ1n) is 5.77. The third-order valence-corrected chi connectivity index (χ3v) is 5.14. The maximum atomic E-state index is 11.9. The Kier molecular flexibility index (Phi) is 3.96. The van der Waals surface area contributed by atoms with E-state index in [2.05, 4.69) is 10.3 Å². The molecule has 0 spiro atoms. The number of carbonyl (C=O) groups excluding carboxylic acids is 1. The summed E-state index contributed by atoms with van der Waals surface area (Å²) in [4.78, 5) is 15.7. The third-order valence-electron chi connectivity index (χ3n) is 3.00. The molecule has 1 saturated heterocycles. The van der Waals surface area contributed by atoms with Gasteiger partial charge in [-0.25, -0.2) is 13.4 Å². The van der Waals surface area contributed by atoms with Crippen LogP contribution in [0.1, 0.15) is 16.8 Å². The first-order chi connectivity index (χ1) is 8.87. The smallest absolute Gasteiger partial charge is 0.253 e. The minimum atomic E-state index is -2.93. The normalized spacial score (nSPS) is 21.2. The molecule has 1 unspecified atom stereocenters. The molecule has 0 radical (unpaired) electrons. The van der Waals surface area contributed by atoms with Crippen LogP contribution in [0.15, 0.2) is 12.3 Å². The monoisotopic (exact) mass is 303 g/mol. The molecular formula is C11H14ClN3O3S. The Morgan fingerprint density at radius 1 is 1.58 bits per heavy atom. The molecule has 1 aromatic rings. The molecule has 0 bridgehead atoms. The van der Waals surface area contributed by atoms with E-state index >= 15 is 0 Å². The summed E-state index contributed by atoms with van der Waals surface area (Å²) in [5, 5.41) is 2.89. The highest BCUT2D eigenvalue weighted by molar-refractivity contribution is 7.91. The number of nitrogen functional groups attached to an aromatic ring is 1. The summed E-state index contributed by atoms with van der Waals surface area (Å²) in [7, 11) is -2.93. The number of nitrogens with zero attached hydrogens (tertiary/aromatic N) is 1. The lowest BCUT2D eigenvalue weighted by Crippen LogP contribution is -2.30. The molecule has 1 aromatic heterocycles. The number of halogens is 1. The zero-order chi connectivity index (χ0) is 14.0. The van der Waals surface area contributed by atoms with Gasteiger partial charge < -0.3 is 11.1 Å². The fourth-order valence-corrected chi connectivity index (χ4v) is 4.05. The molecule has 2 heterocycles. The molecular weight excluding hydrogens is 290 g/mol. The number of aromatic nitrogens is 1. The minimum absolute atomic E-state index is 0.0353. The molecule has 0 aliphatic carbocycles. The van der Waals surface area contributed by atoms with Gasteiger partial charge in [-0.15, -0.1) is 0 Å². The Morgan fingerprint density at radius 2 is 2.32 bits per heavy atom. The first kappa shape index (κ1) is 14.1. The van der Waals surface area contributed by atoms with Crippen LogP contribution >= 0.6 is 11.6 Å². The van der Waals surface area contributed by atoms with E-state index in [0.29, 0.717) is 13.0 Å². The van der Waals surface area contributed by atoms with Crippen LogP contribution in [0.3, 0.4) is 0 Å². The molecule has 1 aliphatic heterocycles. The Hall–Kier alpha value is -1.34. The standard InChI is InChI=1S/C11H14ClN3O3S/c12-9-5-14-10(13)3-8(9)11(16)15-4-7-1-2-19(17,18)6-7/h3,5,7H,1-2,4,6H2,(H2,13,14)(H,15,16). The molecule has 6 nitrogen and oxygen atoms in total. The predicted molar refractivity (Wildman–Crippen MR) is 72.8 cm³/mol.